The van der Waals surface area contributed by atoms with Crippen LogP contribution in [-0.4, -0.2) is 20.9 Å². The van der Waals surface area contributed by atoms with Crippen LogP contribution in [0.25, 0.3) is 0 Å². The second kappa shape index (κ2) is 6.55. The zero-order valence-electron chi connectivity index (χ0n) is 12.6. The van der Waals surface area contributed by atoms with E-state index in [2.05, 4.69) is 25.2 Å². The summed E-state index contributed by atoms with van der Waals surface area (Å²) in [5, 5.41) is 0. The van der Waals surface area contributed by atoms with Crippen molar-refractivity contribution < 1.29 is 14.0 Å². The molecule has 0 N–H and O–H groups in total. The molecule has 4 heteroatoms. The molecule has 1 aliphatic heterocycles. The Balaban J connectivity index is 2.18. The van der Waals surface area contributed by atoms with Crippen molar-refractivity contribution in [1.82, 2.24) is 0 Å². The number of carbonyl (C=O) groups excluding carboxylic acids is 1. The SMILES string of the molecule is CCOC(=O)[C@@H]1CC[Si](C)(C)O[C@H](c2ccccc2)C1. The first-order chi connectivity index (χ1) is 9.52. The third kappa shape index (κ3) is 3.93. The van der Waals surface area contributed by atoms with Crippen molar-refractivity contribution >= 4 is 14.3 Å². The fraction of sp³-hybridized carbons (Fsp3) is 0.562. The minimum atomic E-state index is -1.71. The second-order valence-electron chi connectivity index (χ2n) is 6.00. The van der Waals surface area contributed by atoms with Crippen LogP contribution in [-0.2, 0) is 14.0 Å². The lowest BCUT2D eigenvalue weighted by Gasteiger charge is -2.26. The molecule has 0 amide bonds. The van der Waals surface area contributed by atoms with Gasteiger partial charge in [0.2, 0.25) is 0 Å². The van der Waals surface area contributed by atoms with Crippen LogP contribution in [0.4, 0.5) is 0 Å². The molecular weight excluding hydrogens is 268 g/mol. The van der Waals surface area contributed by atoms with Crippen LogP contribution < -0.4 is 0 Å². The highest BCUT2D eigenvalue weighted by Gasteiger charge is 2.36. The van der Waals surface area contributed by atoms with Crippen LogP contribution in [0.15, 0.2) is 30.3 Å². The number of ether oxygens (including phenoxy) is 1. The van der Waals surface area contributed by atoms with Gasteiger partial charge in [-0.25, -0.2) is 0 Å². The first kappa shape index (κ1) is 15.3. The standard InChI is InChI=1S/C16H24O3Si/c1-4-18-16(17)14-10-11-20(2,3)19-15(12-14)13-8-6-5-7-9-13/h5-9,14-15H,4,10-12H2,1-3H3/t14-,15+/m1/s1. The molecule has 1 heterocycles. The first-order valence-corrected chi connectivity index (χ1v) is 10.5. The van der Waals surface area contributed by atoms with Gasteiger partial charge in [-0.1, -0.05) is 30.3 Å². The molecule has 0 bridgehead atoms. The maximum absolute atomic E-state index is 12.1. The smallest absolute Gasteiger partial charge is 0.309 e. The van der Waals surface area contributed by atoms with E-state index in [1.807, 2.05) is 25.1 Å². The van der Waals surface area contributed by atoms with Gasteiger partial charge in [0.25, 0.3) is 0 Å². The van der Waals surface area contributed by atoms with Gasteiger partial charge in [0, 0.05) is 0 Å². The third-order valence-electron chi connectivity index (χ3n) is 3.85. The molecule has 1 saturated heterocycles. The Bertz CT molecular complexity index is 444. The summed E-state index contributed by atoms with van der Waals surface area (Å²) < 4.78 is 11.6. The topological polar surface area (TPSA) is 35.5 Å². The molecule has 1 aromatic carbocycles. The predicted molar refractivity (Wildman–Crippen MR) is 81.9 cm³/mol. The summed E-state index contributed by atoms with van der Waals surface area (Å²) in [6.45, 7) is 6.78. The van der Waals surface area contributed by atoms with E-state index in [1.54, 1.807) is 0 Å². The largest absolute Gasteiger partial charge is 0.466 e. The normalized spacial score (nSPS) is 25.8. The maximum Gasteiger partial charge on any atom is 0.309 e. The number of esters is 1. The fourth-order valence-corrected chi connectivity index (χ4v) is 4.90. The van der Waals surface area contributed by atoms with E-state index in [-0.39, 0.29) is 18.0 Å². The van der Waals surface area contributed by atoms with E-state index in [0.717, 1.165) is 18.9 Å². The van der Waals surface area contributed by atoms with Crippen LogP contribution in [0.1, 0.15) is 31.4 Å². The van der Waals surface area contributed by atoms with Gasteiger partial charge in [-0.3, -0.25) is 4.79 Å². The van der Waals surface area contributed by atoms with Crippen molar-refractivity contribution in [1.29, 1.82) is 0 Å². The van der Waals surface area contributed by atoms with Gasteiger partial charge in [-0.15, -0.1) is 0 Å². The summed E-state index contributed by atoms with van der Waals surface area (Å²) in [7, 11) is -1.71. The van der Waals surface area contributed by atoms with Gasteiger partial charge in [-0.05, 0) is 44.5 Å². The van der Waals surface area contributed by atoms with E-state index in [9.17, 15) is 4.79 Å². The molecule has 0 unspecified atom stereocenters. The number of hydrogen-bond donors (Lipinski definition) is 0. The lowest BCUT2D eigenvalue weighted by atomic mass is 9.95. The lowest BCUT2D eigenvalue weighted by molar-refractivity contribution is -0.148. The molecule has 0 aliphatic carbocycles. The van der Waals surface area contributed by atoms with Crippen LogP contribution in [0.2, 0.25) is 19.1 Å². The van der Waals surface area contributed by atoms with Crippen molar-refractivity contribution in [2.45, 2.75) is 45.0 Å². The van der Waals surface area contributed by atoms with E-state index >= 15 is 0 Å². The maximum atomic E-state index is 12.1. The Morgan fingerprint density at radius 3 is 2.70 bits per heavy atom. The van der Waals surface area contributed by atoms with Crippen LogP contribution in [0, 0.1) is 5.92 Å². The Labute approximate surface area is 122 Å². The molecule has 2 atom stereocenters. The van der Waals surface area contributed by atoms with E-state index < -0.39 is 8.32 Å². The Hall–Kier alpha value is -1.13. The van der Waals surface area contributed by atoms with Crippen molar-refractivity contribution in [2.75, 3.05) is 6.61 Å². The van der Waals surface area contributed by atoms with E-state index in [4.69, 9.17) is 9.16 Å². The minimum absolute atomic E-state index is 0.0229. The van der Waals surface area contributed by atoms with Gasteiger partial charge < -0.3 is 9.16 Å². The molecule has 1 fully saturated rings. The summed E-state index contributed by atoms with van der Waals surface area (Å²) in [5.74, 6) is -0.0989. The fourth-order valence-electron chi connectivity index (χ4n) is 2.74. The highest BCUT2D eigenvalue weighted by molar-refractivity contribution is 6.71. The highest BCUT2D eigenvalue weighted by Crippen LogP contribution is 2.37. The van der Waals surface area contributed by atoms with Gasteiger partial charge in [0.05, 0.1) is 18.6 Å². The molecule has 20 heavy (non-hydrogen) atoms. The number of hydrogen-bond acceptors (Lipinski definition) is 3. The summed E-state index contributed by atoms with van der Waals surface area (Å²) in [5.41, 5.74) is 1.17. The average molecular weight is 292 g/mol. The Morgan fingerprint density at radius 1 is 1.35 bits per heavy atom. The summed E-state index contributed by atoms with van der Waals surface area (Å²) in [6.07, 6.45) is 1.65. The number of benzene rings is 1. The quantitative estimate of drug-likeness (QED) is 0.625. The molecule has 2 rings (SSSR count). The van der Waals surface area contributed by atoms with Gasteiger partial charge >= 0.3 is 5.97 Å². The monoisotopic (exact) mass is 292 g/mol. The molecule has 0 radical (unpaired) electrons. The molecule has 0 aromatic heterocycles. The van der Waals surface area contributed by atoms with Crippen molar-refractivity contribution in [2.24, 2.45) is 5.92 Å². The highest BCUT2D eigenvalue weighted by atomic mass is 28.4. The van der Waals surface area contributed by atoms with E-state index in [0.29, 0.717) is 6.61 Å². The number of rotatable bonds is 3. The van der Waals surface area contributed by atoms with Crippen molar-refractivity contribution in [3.8, 4) is 0 Å². The number of carbonyl (C=O) groups is 1. The molecule has 0 spiro atoms. The molecule has 1 aliphatic rings. The average Bonchev–Trinajstić information content (AvgIpc) is 2.59. The minimum Gasteiger partial charge on any atom is -0.466 e. The molecule has 110 valence electrons. The molecule has 3 nitrogen and oxygen atoms in total. The van der Waals surface area contributed by atoms with Gasteiger partial charge in [0.15, 0.2) is 8.32 Å². The van der Waals surface area contributed by atoms with Crippen LogP contribution in [0.3, 0.4) is 0 Å². The van der Waals surface area contributed by atoms with Gasteiger partial charge in [-0.2, -0.15) is 0 Å². The zero-order chi connectivity index (χ0) is 14.6. The lowest BCUT2D eigenvalue weighted by Crippen LogP contribution is -2.30. The van der Waals surface area contributed by atoms with E-state index in [1.165, 1.54) is 5.56 Å². The van der Waals surface area contributed by atoms with Gasteiger partial charge in [0.1, 0.15) is 0 Å². The summed E-state index contributed by atoms with van der Waals surface area (Å²) >= 11 is 0. The zero-order valence-corrected chi connectivity index (χ0v) is 13.6. The molecule has 1 aromatic rings. The van der Waals surface area contributed by atoms with Crippen LogP contribution >= 0.6 is 0 Å². The molecule has 0 saturated carbocycles. The predicted octanol–water partition coefficient (Wildman–Crippen LogP) is 3.92. The first-order valence-electron chi connectivity index (χ1n) is 7.41. The summed E-state index contributed by atoms with van der Waals surface area (Å²) in [6, 6.07) is 11.2. The second-order valence-corrected chi connectivity index (χ2v) is 10.3. The Kier molecular flexibility index (Phi) is 4.99. The van der Waals surface area contributed by atoms with Crippen molar-refractivity contribution in [3.05, 3.63) is 35.9 Å². The Morgan fingerprint density at radius 2 is 2.05 bits per heavy atom. The van der Waals surface area contributed by atoms with Crippen LogP contribution in [0.5, 0.6) is 0 Å². The van der Waals surface area contributed by atoms with Crippen molar-refractivity contribution in [3.63, 3.8) is 0 Å². The third-order valence-corrected chi connectivity index (χ3v) is 6.26. The summed E-state index contributed by atoms with van der Waals surface area (Å²) in [4.78, 5) is 12.1. The molecular formula is C16H24O3Si.